The number of nitrogens with one attached hydrogen (secondary N) is 1. The van der Waals surface area contributed by atoms with E-state index in [-0.39, 0.29) is 17.6 Å². The van der Waals surface area contributed by atoms with Gasteiger partial charge < -0.3 is 5.32 Å². The van der Waals surface area contributed by atoms with E-state index in [1.807, 2.05) is 37.3 Å². The number of nitro benzene ring substituents is 1. The molecule has 2 aromatic rings. The second-order valence-electron chi connectivity index (χ2n) is 5.94. The molecule has 0 radical (unpaired) electrons. The summed E-state index contributed by atoms with van der Waals surface area (Å²) in [5.74, 6) is -0.182. The van der Waals surface area contributed by atoms with E-state index in [4.69, 9.17) is 0 Å². The number of nitrogens with zero attached hydrogens (tertiary/aromatic N) is 1. The van der Waals surface area contributed by atoms with Crippen molar-refractivity contribution < 1.29 is 9.72 Å². The summed E-state index contributed by atoms with van der Waals surface area (Å²) in [4.78, 5) is 23.3. The summed E-state index contributed by atoms with van der Waals surface area (Å²) >= 11 is 0. The normalized spacial score (nSPS) is 12.5. The zero-order valence-corrected chi connectivity index (χ0v) is 14.4. The number of non-ortho nitro benzene ring substituents is 1. The van der Waals surface area contributed by atoms with E-state index >= 15 is 0 Å². The number of hydrogen-bond acceptors (Lipinski definition) is 3. The summed E-state index contributed by atoms with van der Waals surface area (Å²) in [6, 6.07) is 15.6. The van der Waals surface area contributed by atoms with Gasteiger partial charge in [0, 0.05) is 23.7 Å². The lowest BCUT2D eigenvalue weighted by Crippen LogP contribution is -2.32. The Labute approximate surface area is 147 Å². The van der Waals surface area contributed by atoms with Crippen molar-refractivity contribution in [2.45, 2.75) is 32.7 Å². The van der Waals surface area contributed by atoms with Crippen LogP contribution in [0.4, 0.5) is 5.69 Å². The van der Waals surface area contributed by atoms with Crippen molar-refractivity contribution in [2.24, 2.45) is 0 Å². The molecule has 0 heterocycles. The van der Waals surface area contributed by atoms with Crippen LogP contribution in [0.1, 0.15) is 37.8 Å². The Kier molecular flexibility index (Phi) is 6.46. The number of carbonyl (C=O) groups is 1. The maximum absolute atomic E-state index is 12.7. The Morgan fingerprint density at radius 3 is 2.56 bits per heavy atom. The molecule has 5 nitrogen and oxygen atoms in total. The van der Waals surface area contributed by atoms with Crippen LogP contribution in [-0.2, 0) is 4.79 Å². The highest BCUT2D eigenvalue weighted by atomic mass is 16.6. The van der Waals surface area contributed by atoms with E-state index in [2.05, 4.69) is 12.2 Å². The first-order chi connectivity index (χ1) is 12.0. The SMILES string of the molecule is CCC[C@H](C)NC(=O)/C(=C/c1cccc([N+](=O)[O-])c1)c1ccccc1. The lowest BCUT2D eigenvalue weighted by molar-refractivity contribution is -0.384. The molecule has 0 aromatic heterocycles. The van der Waals surface area contributed by atoms with Crippen LogP contribution in [-0.4, -0.2) is 16.9 Å². The van der Waals surface area contributed by atoms with Crippen molar-refractivity contribution in [3.05, 3.63) is 75.8 Å². The van der Waals surface area contributed by atoms with Crippen molar-refractivity contribution in [3.63, 3.8) is 0 Å². The molecule has 0 aliphatic carbocycles. The van der Waals surface area contributed by atoms with Crippen molar-refractivity contribution >= 4 is 23.2 Å². The van der Waals surface area contributed by atoms with Crippen molar-refractivity contribution in [1.82, 2.24) is 5.32 Å². The minimum Gasteiger partial charge on any atom is -0.350 e. The van der Waals surface area contributed by atoms with Gasteiger partial charge in [-0.3, -0.25) is 14.9 Å². The molecule has 0 spiro atoms. The van der Waals surface area contributed by atoms with E-state index in [0.29, 0.717) is 11.1 Å². The van der Waals surface area contributed by atoms with Crippen LogP contribution >= 0.6 is 0 Å². The predicted molar refractivity (Wildman–Crippen MR) is 99.9 cm³/mol. The highest BCUT2D eigenvalue weighted by molar-refractivity contribution is 6.24. The van der Waals surface area contributed by atoms with Gasteiger partial charge in [-0.05, 0) is 30.5 Å². The molecule has 25 heavy (non-hydrogen) atoms. The third-order valence-electron chi connectivity index (χ3n) is 3.82. The van der Waals surface area contributed by atoms with Crippen LogP contribution in [0.3, 0.4) is 0 Å². The topological polar surface area (TPSA) is 72.2 Å². The smallest absolute Gasteiger partial charge is 0.270 e. The lowest BCUT2D eigenvalue weighted by atomic mass is 10.0. The fraction of sp³-hybridized carbons (Fsp3) is 0.250. The van der Waals surface area contributed by atoms with Crippen molar-refractivity contribution in [2.75, 3.05) is 0 Å². The third kappa shape index (κ3) is 5.28. The van der Waals surface area contributed by atoms with Crippen LogP contribution in [0, 0.1) is 10.1 Å². The molecule has 0 bridgehead atoms. The maximum atomic E-state index is 12.7. The lowest BCUT2D eigenvalue weighted by Gasteiger charge is -2.15. The quantitative estimate of drug-likeness (QED) is 0.351. The number of carbonyl (C=O) groups excluding carboxylic acids is 1. The number of rotatable bonds is 7. The number of nitro groups is 1. The number of hydrogen-bond donors (Lipinski definition) is 1. The molecule has 130 valence electrons. The predicted octanol–water partition coefficient (Wildman–Crippen LogP) is 4.44. The van der Waals surface area contributed by atoms with Gasteiger partial charge >= 0.3 is 0 Å². The number of amides is 1. The monoisotopic (exact) mass is 338 g/mol. The molecular weight excluding hydrogens is 316 g/mol. The molecule has 2 rings (SSSR count). The second-order valence-corrected chi connectivity index (χ2v) is 5.94. The maximum Gasteiger partial charge on any atom is 0.270 e. The minimum absolute atomic E-state index is 0.000853. The van der Waals surface area contributed by atoms with E-state index < -0.39 is 4.92 Å². The van der Waals surface area contributed by atoms with Crippen LogP contribution in [0.2, 0.25) is 0 Å². The summed E-state index contributed by atoms with van der Waals surface area (Å²) in [5, 5.41) is 14.0. The summed E-state index contributed by atoms with van der Waals surface area (Å²) in [5.41, 5.74) is 1.88. The minimum atomic E-state index is -0.442. The van der Waals surface area contributed by atoms with E-state index in [0.717, 1.165) is 18.4 Å². The van der Waals surface area contributed by atoms with Gasteiger partial charge in [-0.15, -0.1) is 0 Å². The van der Waals surface area contributed by atoms with E-state index in [1.54, 1.807) is 18.2 Å². The largest absolute Gasteiger partial charge is 0.350 e. The Balaban J connectivity index is 2.39. The van der Waals surface area contributed by atoms with Gasteiger partial charge in [0.05, 0.1) is 4.92 Å². The fourth-order valence-electron chi connectivity index (χ4n) is 2.60. The molecular formula is C20H22N2O3. The fourth-order valence-corrected chi connectivity index (χ4v) is 2.60. The Morgan fingerprint density at radius 2 is 1.92 bits per heavy atom. The average Bonchev–Trinajstić information content (AvgIpc) is 2.60. The van der Waals surface area contributed by atoms with Gasteiger partial charge in [0.2, 0.25) is 0 Å². The zero-order chi connectivity index (χ0) is 18.2. The first-order valence-electron chi connectivity index (χ1n) is 8.33. The molecule has 5 heteroatoms. The molecule has 1 amide bonds. The van der Waals surface area contributed by atoms with Gasteiger partial charge in [0.15, 0.2) is 0 Å². The molecule has 0 saturated heterocycles. The van der Waals surface area contributed by atoms with E-state index in [9.17, 15) is 14.9 Å². The molecule has 0 unspecified atom stereocenters. The number of benzene rings is 2. The molecule has 0 aliphatic heterocycles. The first kappa shape index (κ1) is 18.4. The summed E-state index contributed by atoms with van der Waals surface area (Å²) < 4.78 is 0. The molecule has 2 aromatic carbocycles. The molecule has 1 N–H and O–H groups in total. The Hall–Kier alpha value is -2.95. The first-order valence-corrected chi connectivity index (χ1v) is 8.33. The van der Waals surface area contributed by atoms with Gasteiger partial charge in [-0.2, -0.15) is 0 Å². The third-order valence-corrected chi connectivity index (χ3v) is 3.82. The van der Waals surface area contributed by atoms with E-state index in [1.165, 1.54) is 12.1 Å². The van der Waals surface area contributed by atoms with Gasteiger partial charge in [0.25, 0.3) is 11.6 Å². The van der Waals surface area contributed by atoms with Gasteiger partial charge in [-0.1, -0.05) is 55.8 Å². The van der Waals surface area contributed by atoms with Crippen molar-refractivity contribution in [1.29, 1.82) is 0 Å². The summed E-state index contributed by atoms with van der Waals surface area (Å²) in [6.07, 6.45) is 3.57. The average molecular weight is 338 g/mol. The van der Waals surface area contributed by atoms with Crippen LogP contribution in [0.15, 0.2) is 54.6 Å². The van der Waals surface area contributed by atoms with Gasteiger partial charge in [-0.25, -0.2) is 0 Å². The summed E-state index contributed by atoms with van der Waals surface area (Å²) in [6.45, 7) is 4.04. The molecule has 1 atom stereocenters. The molecule has 0 fully saturated rings. The second kappa shape index (κ2) is 8.78. The van der Waals surface area contributed by atoms with Crippen LogP contribution < -0.4 is 5.32 Å². The van der Waals surface area contributed by atoms with Gasteiger partial charge in [0.1, 0.15) is 0 Å². The van der Waals surface area contributed by atoms with Crippen molar-refractivity contribution in [3.8, 4) is 0 Å². The van der Waals surface area contributed by atoms with Crippen LogP contribution in [0.25, 0.3) is 11.6 Å². The highest BCUT2D eigenvalue weighted by Gasteiger charge is 2.15. The summed E-state index contributed by atoms with van der Waals surface area (Å²) in [7, 11) is 0. The Morgan fingerprint density at radius 1 is 1.20 bits per heavy atom. The zero-order valence-electron chi connectivity index (χ0n) is 14.4. The molecule has 0 saturated carbocycles. The van der Waals surface area contributed by atoms with Crippen LogP contribution in [0.5, 0.6) is 0 Å². The standard InChI is InChI=1S/C20H22N2O3/c1-3-8-15(2)21-20(23)19(17-10-5-4-6-11-17)14-16-9-7-12-18(13-16)22(24)25/h4-7,9-15H,3,8H2,1-2H3,(H,21,23)/b19-14+/t15-/m0/s1. The molecule has 0 aliphatic rings. The Bertz CT molecular complexity index is 770. The highest BCUT2D eigenvalue weighted by Crippen LogP contribution is 2.21.